The van der Waals surface area contributed by atoms with Crippen molar-refractivity contribution in [3.63, 3.8) is 0 Å². The molecule has 0 aliphatic heterocycles. The van der Waals surface area contributed by atoms with Crippen LogP contribution in [0, 0.1) is 6.92 Å². The first-order valence-corrected chi connectivity index (χ1v) is 8.79. The van der Waals surface area contributed by atoms with Crippen molar-refractivity contribution >= 4 is 28.8 Å². The van der Waals surface area contributed by atoms with Crippen LogP contribution in [0.25, 0.3) is 10.9 Å². The van der Waals surface area contributed by atoms with Gasteiger partial charge < -0.3 is 16.7 Å². The largest absolute Gasteiger partial charge is 0.384 e. The molecule has 8 heteroatoms. The van der Waals surface area contributed by atoms with Crippen LogP contribution >= 0.6 is 0 Å². The number of hydrogen-bond acceptors (Lipinski definition) is 8. The van der Waals surface area contributed by atoms with Crippen molar-refractivity contribution in [3.8, 4) is 0 Å². The number of nitrogens with zero attached hydrogens (tertiary/aromatic N) is 5. The molecule has 3 rings (SSSR count). The molecule has 0 unspecified atom stereocenters. The second-order valence-electron chi connectivity index (χ2n) is 6.96. The number of nitrogen functional groups attached to an aromatic ring is 1. The van der Waals surface area contributed by atoms with E-state index < -0.39 is 5.60 Å². The van der Waals surface area contributed by atoms with Crippen molar-refractivity contribution in [2.45, 2.75) is 32.9 Å². The first kappa shape index (κ1) is 19.4. The summed E-state index contributed by atoms with van der Waals surface area (Å²) in [6, 6.07) is 11.2. The SMILES string of the molecule is Cc1cccc2c(C(C=NCc3cccc(C(C)(C)O)n3)=NN)nc(N)nc12. The Kier molecular flexibility index (Phi) is 5.32. The molecule has 28 heavy (non-hydrogen) atoms. The lowest BCUT2D eigenvalue weighted by Gasteiger charge is -2.16. The molecular formula is C20H23N7O. The summed E-state index contributed by atoms with van der Waals surface area (Å²) in [6.07, 6.45) is 1.54. The summed E-state index contributed by atoms with van der Waals surface area (Å²) in [5.41, 5.74) is 8.80. The Balaban J connectivity index is 1.90. The summed E-state index contributed by atoms with van der Waals surface area (Å²) in [7, 11) is 0. The third kappa shape index (κ3) is 4.12. The van der Waals surface area contributed by atoms with Gasteiger partial charge in [0.2, 0.25) is 5.95 Å². The van der Waals surface area contributed by atoms with Crippen LogP contribution in [0.15, 0.2) is 46.5 Å². The topological polar surface area (TPSA) is 136 Å². The zero-order chi connectivity index (χ0) is 20.3. The molecule has 2 heterocycles. The van der Waals surface area contributed by atoms with Crippen LogP contribution in [0.1, 0.15) is 36.5 Å². The lowest BCUT2D eigenvalue weighted by Crippen LogP contribution is -2.18. The van der Waals surface area contributed by atoms with Gasteiger partial charge in [-0.15, -0.1) is 0 Å². The van der Waals surface area contributed by atoms with E-state index in [0.29, 0.717) is 23.6 Å². The van der Waals surface area contributed by atoms with Gasteiger partial charge in [-0.1, -0.05) is 24.3 Å². The van der Waals surface area contributed by atoms with Crippen LogP contribution in [-0.4, -0.2) is 32.0 Å². The first-order valence-electron chi connectivity index (χ1n) is 8.79. The van der Waals surface area contributed by atoms with E-state index in [0.717, 1.165) is 22.2 Å². The van der Waals surface area contributed by atoms with Gasteiger partial charge in [-0.2, -0.15) is 5.10 Å². The van der Waals surface area contributed by atoms with E-state index >= 15 is 0 Å². The van der Waals surface area contributed by atoms with Gasteiger partial charge in [0.05, 0.1) is 29.7 Å². The number of aliphatic hydroxyl groups is 1. The average molecular weight is 377 g/mol. The maximum atomic E-state index is 10.1. The quantitative estimate of drug-likeness (QED) is 0.354. The smallest absolute Gasteiger partial charge is 0.221 e. The van der Waals surface area contributed by atoms with Crippen LogP contribution in [0.4, 0.5) is 5.95 Å². The van der Waals surface area contributed by atoms with Crippen LogP contribution in [0.2, 0.25) is 0 Å². The highest BCUT2D eigenvalue weighted by molar-refractivity contribution is 6.40. The summed E-state index contributed by atoms with van der Waals surface area (Å²) in [5, 5.41) is 14.7. The molecule has 0 radical (unpaired) electrons. The van der Waals surface area contributed by atoms with Gasteiger partial charge in [0.25, 0.3) is 0 Å². The van der Waals surface area contributed by atoms with Gasteiger partial charge in [0, 0.05) is 5.39 Å². The molecule has 0 saturated heterocycles. The maximum absolute atomic E-state index is 10.1. The number of pyridine rings is 1. The summed E-state index contributed by atoms with van der Waals surface area (Å²) in [5.74, 6) is 5.74. The summed E-state index contributed by atoms with van der Waals surface area (Å²) in [6.45, 7) is 5.63. The van der Waals surface area contributed by atoms with Crippen LogP contribution < -0.4 is 11.6 Å². The molecule has 0 fully saturated rings. The monoisotopic (exact) mass is 377 g/mol. The number of aliphatic imine (C=N–C) groups is 1. The second-order valence-corrected chi connectivity index (χ2v) is 6.96. The second kappa shape index (κ2) is 7.69. The molecule has 0 bridgehead atoms. The molecule has 144 valence electrons. The predicted octanol–water partition coefficient (Wildman–Crippen LogP) is 2.08. The van der Waals surface area contributed by atoms with E-state index in [1.54, 1.807) is 26.1 Å². The molecule has 8 nitrogen and oxygen atoms in total. The van der Waals surface area contributed by atoms with Crippen molar-refractivity contribution < 1.29 is 5.11 Å². The highest BCUT2D eigenvalue weighted by Gasteiger charge is 2.17. The number of rotatable bonds is 5. The number of nitrogens with two attached hydrogens (primary N) is 2. The highest BCUT2D eigenvalue weighted by Crippen LogP contribution is 2.21. The summed E-state index contributed by atoms with van der Waals surface area (Å²) >= 11 is 0. The minimum Gasteiger partial charge on any atom is -0.384 e. The summed E-state index contributed by atoms with van der Waals surface area (Å²) < 4.78 is 0. The van der Waals surface area contributed by atoms with Crippen molar-refractivity contribution in [1.82, 2.24) is 15.0 Å². The molecule has 0 amide bonds. The number of hydrazone groups is 1. The molecule has 0 aliphatic rings. The third-order valence-corrected chi connectivity index (χ3v) is 4.23. The van der Waals surface area contributed by atoms with E-state index in [4.69, 9.17) is 11.6 Å². The first-order chi connectivity index (χ1) is 13.3. The van der Waals surface area contributed by atoms with Gasteiger partial charge in [0.1, 0.15) is 17.0 Å². The van der Waals surface area contributed by atoms with Crippen LogP contribution in [0.3, 0.4) is 0 Å². The zero-order valence-electron chi connectivity index (χ0n) is 16.1. The zero-order valence-corrected chi connectivity index (χ0v) is 16.1. The normalized spacial score (nSPS) is 12.8. The Hall–Kier alpha value is -3.39. The fourth-order valence-corrected chi connectivity index (χ4v) is 2.80. The van der Waals surface area contributed by atoms with E-state index in [-0.39, 0.29) is 5.95 Å². The predicted molar refractivity (Wildman–Crippen MR) is 111 cm³/mol. The molecule has 3 aromatic rings. The number of para-hydroxylation sites is 1. The van der Waals surface area contributed by atoms with Crippen molar-refractivity contribution in [2.75, 3.05) is 5.73 Å². The van der Waals surface area contributed by atoms with Crippen molar-refractivity contribution in [2.24, 2.45) is 15.9 Å². The molecule has 0 atom stereocenters. The van der Waals surface area contributed by atoms with Gasteiger partial charge >= 0.3 is 0 Å². The Morgan fingerprint density at radius 3 is 2.61 bits per heavy atom. The Morgan fingerprint density at radius 1 is 1.14 bits per heavy atom. The Bertz CT molecular complexity index is 1070. The van der Waals surface area contributed by atoms with Gasteiger partial charge in [-0.25, -0.2) is 9.97 Å². The van der Waals surface area contributed by atoms with Crippen LogP contribution in [-0.2, 0) is 12.1 Å². The number of benzene rings is 1. The molecule has 2 aromatic heterocycles. The van der Waals surface area contributed by atoms with E-state index in [1.807, 2.05) is 37.3 Å². The fraction of sp³-hybridized carbons (Fsp3) is 0.250. The Labute approximate surface area is 163 Å². The number of anilines is 1. The maximum Gasteiger partial charge on any atom is 0.221 e. The highest BCUT2D eigenvalue weighted by atomic mass is 16.3. The van der Waals surface area contributed by atoms with Gasteiger partial charge in [-0.05, 0) is 38.5 Å². The molecule has 0 saturated carbocycles. The third-order valence-electron chi connectivity index (χ3n) is 4.23. The number of aromatic nitrogens is 3. The molecule has 5 N–H and O–H groups in total. The van der Waals surface area contributed by atoms with E-state index in [9.17, 15) is 5.11 Å². The minimum absolute atomic E-state index is 0.144. The molecule has 0 aliphatic carbocycles. The minimum atomic E-state index is -1.02. The lowest BCUT2D eigenvalue weighted by molar-refractivity contribution is 0.0736. The Morgan fingerprint density at radius 2 is 1.89 bits per heavy atom. The van der Waals surface area contributed by atoms with E-state index in [1.165, 1.54) is 0 Å². The summed E-state index contributed by atoms with van der Waals surface area (Å²) in [4.78, 5) is 17.4. The number of hydrogen-bond donors (Lipinski definition) is 3. The fourth-order valence-electron chi connectivity index (χ4n) is 2.80. The van der Waals surface area contributed by atoms with E-state index in [2.05, 4.69) is 25.0 Å². The average Bonchev–Trinajstić information content (AvgIpc) is 2.65. The number of aryl methyl sites for hydroxylation is 1. The van der Waals surface area contributed by atoms with Gasteiger partial charge in [0.15, 0.2) is 0 Å². The van der Waals surface area contributed by atoms with Crippen molar-refractivity contribution in [1.29, 1.82) is 0 Å². The van der Waals surface area contributed by atoms with Gasteiger partial charge in [-0.3, -0.25) is 9.98 Å². The molecular weight excluding hydrogens is 354 g/mol. The number of fused-ring (bicyclic) bond motifs is 1. The molecule has 0 spiro atoms. The van der Waals surface area contributed by atoms with Crippen molar-refractivity contribution in [3.05, 3.63) is 59.0 Å². The standard InChI is InChI=1S/C20H23N7O/c1-12-6-4-8-14-17(12)25-19(21)26-18(14)15(27-22)11-23-10-13-7-5-9-16(24-13)20(2,3)28/h4-9,11,28H,10,22H2,1-3H3,(H2,21,25,26). The molecule has 1 aromatic carbocycles. The lowest BCUT2D eigenvalue weighted by atomic mass is 10.0. The van der Waals surface area contributed by atoms with Crippen LogP contribution in [0.5, 0.6) is 0 Å².